The number of hydrogen-bond donors (Lipinski definition) is 1. The minimum atomic E-state index is -3.70. The van der Waals surface area contributed by atoms with Crippen molar-refractivity contribution in [1.29, 1.82) is 0 Å². The van der Waals surface area contributed by atoms with E-state index in [1.165, 1.54) is 17.9 Å². The minimum absolute atomic E-state index is 0.0389. The van der Waals surface area contributed by atoms with Crippen LogP contribution in [-0.2, 0) is 17.1 Å². The summed E-state index contributed by atoms with van der Waals surface area (Å²) in [4.78, 5) is 0. The van der Waals surface area contributed by atoms with E-state index in [0.717, 1.165) is 0 Å². The Morgan fingerprint density at radius 1 is 1.50 bits per heavy atom. The van der Waals surface area contributed by atoms with Crippen molar-refractivity contribution in [3.63, 3.8) is 0 Å². The van der Waals surface area contributed by atoms with Gasteiger partial charge in [-0.05, 0) is 12.3 Å². The van der Waals surface area contributed by atoms with Crippen LogP contribution in [0.3, 0.4) is 0 Å². The summed E-state index contributed by atoms with van der Waals surface area (Å²) in [6.45, 7) is 4.01. The molecule has 0 aliphatic heterocycles. The number of alkyl halides is 1. The number of aromatic nitrogens is 2. The first-order chi connectivity index (χ1) is 8.27. The van der Waals surface area contributed by atoms with Crippen LogP contribution in [0.15, 0.2) is 11.2 Å². The minimum Gasteiger partial charge on any atom is -0.255 e. The van der Waals surface area contributed by atoms with Gasteiger partial charge in [-0.2, -0.15) is 5.10 Å². The molecular formula is C10H17Cl2N3O2S. The van der Waals surface area contributed by atoms with Crippen LogP contribution >= 0.6 is 23.2 Å². The molecule has 1 rings (SSSR count). The Labute approximate surface area is 118 Å². The van der Waals surface area contributed by atoms with E-state index < -0.39 is 10.0 Å². The van der Waals surface area contributed by atoms with Crippen LogP contribution in [0.4, 0.5) is 0 Å². The number of halogens is 2. The smallest absolute Gasteiger partial charge is 0.255 e. The Kier molecular flexibility index (Phi) is 5.46. The number of sulfonamides is 1. The second kappa shape index (κ2) is 6.23. The van der Waals surface area contributed by atoms with E-state index in [2.05, 4.69) is 9.82 Å². The molecular weight excluding hydrogens is 297 g/mol. The maximum absolute atomic E-state index is 12.2. The summed E-state index contributed by atoms with van der Waals surface area (Å²) >= 11 is 11.6. The lowest BCUT2D eigenvalue weighted by Gasteiger charge is -2.18. The van der Waals surface area contributed by atoms with Crippen LogP contribution < -0.4 is 4.72 Å². The standard InChI is InChI=1S/C10H17Cl2N3O2S/c1-7(2)4-8(5-11)14-18(16,17)10-9(12)6-13-15(10)3/h6-8,14H,4-5H2,1-3H3. The van der Waals surface area contributed by atoms with Crippen molar-refractivity contribution in [3.8, 4) is 0 Å². The molecule has 0 aliphatic rings. The van der Waals surface area contributed by atoms with Gasteiger partial charge < -0.3 is 0 Å². The van der Waals surface area contributed by atoms with Gasteiger partial charge in [-0.15, -0.1) is 11.6 Å². The average molecular weight is 314 g/mol. The molecule has 0 aromatic carbocycles. The van der Waals surface area contributed by atoms with E-state index >= 15 is 0 Å². The maximum atomic E-state index is 12.2. The van der Waals surface area contributed by atoms with Crippen LogP contribution in [0.5, 0.6) is 0 Å². The molecule has 8 heteroatoms. The lowest BCUT2D eigenvalue weighted by Crippen LogP contribution is -2.38. The third-order valence-electron chi connectivity index (χ3n) is 2.36. The van der Waals surface area contributed by atoms with Crippen molar-refractivity contribution >= 4 is 33.2 Å². The molecule has 104 valence electrons. The van der Waals surface area contributed by atoms with Gasteiger partial charge >= 0.3 is 0 Å². The molecule has 0 radical (unpaired) electrons. The van der Waals surface area contributed by atoms with E-state index in [4.69, 9.17) is 23.2 Å². The predicted molar refractivity (Wildman–Crippen MR) is 72.5 cm³/mol. The van der Waals surface area contributed by atoms with Gasteiger partial charge in [0.1, 0.15) is 0 Å². The summed E-state index contributed by atoms with van der Waals surface area (Å²) in [6.07, 6.45) is 1.96. The monoisotopic (exact) mass is 313 g/mol. The van der Waals surface area contributed by atoms with Crippen molar-refractivity contribution in [3.05, 3.63) is 11.2 Å². The first-order valence-corrected chi connectivity index (χ1v) is 7.93. The largest absolute Gasteiger partial charge is 0.259 e. The lowest BCUT2D eigenvalue weighted by molar-refractivity contribution is 0.481. The van der Waals surface area contributed by atoms with Gasteiger partial charge in [-0.25, -0.2) is 13.1 Å². The second-order valence-corrected chi connectivity index (χ2v) is 6.87. The van der Waals surface area contributed by atoms with Gasteiger partial charge in [0.2, 0.25) is 0 Å². The van der Waals surface area contributed by atoms with Crippen LogP contribution in [0, 0.1) is 5.92 Å². The first kappa shape index (κ1) is 15.8. The fourth-order valence-corrected chi connectivity index (χ4v) is 3.89. The van der Waals surface area contributed by atoms with Gasteiger partial charge in [-0.3, -0.25) is 4.68 Å². The number of nitrogens with one attached hydrogen (secondary N) is 1. The van der Waals surface area contributed by atoms with Crippen LogP contribution in [0.1, 0.15) is 20.3 Å². The molecule has 0 saturated carbocycles. The molecule has 1 unspecified atom stereocenters. The number of rotatable bonds is 6. The van der Waals surface area contributed by atoms with Crippen molar-refractivity contribution in [2.45, 2.75) is 31.3 Å². The summed E-state index contributed by atoms with van der Waals surface area (Å²) in [7, 11) is -2.17. The molecule has 0 spiro atoms. The van der Waals surface area contributed by atoms with Crippen LogP contribution in [-0.4, -0.2) is 30.1 Å². The second-order valence-electron chi connectivity index (χ2n) is 4.52. The molecule has 0 aliphatic carbocycles. The third kappa shape index (κ3) is 3.85. The fourth-order valence-electron chi connectivity index (χ4n) is 1.69. The van der Waals surface area contributed by atoms with Gasteiger partial charge in [0.25, 0.3) is 10.0 Å². The number of aryl methyl sites for hydroxylation is 1. The quantitative estimate of drug-likeness (QED) is 0.817. The molecule has 1 N–H and O–H groups in total. The molecule has 0 amide bonds. The van der Waals surface area contributed by atoms with Crippen molar-refractivity contribution in [2.24, 2.45) is 13.0 Å². The predicted octanol–water partition coefficient (Wildman–Crippen LogP) is 2.01. The highest BCUT2D eigenvalue weighted by Gasteiger charge is 2.26. The van der Waals surface area contributed by atoms with E-state index in [1.54, 1.807) is 0 Å². The molecule has 1 aromatic heterocycles. The van der Waals surface area contributed by atoms with E-state index in [0.29, 0.717) is 12.3 Å². The molecule has 18 heavy (non-hydrogen) atoms. The van der Waals surface area contributed by atoms with Gasteiger partial charge in [0, 0.05) is 19.0 Å². The zero-order valence-electron chi connectivity index (χ0n) is 10.5. The van der Waals surface area contributed by atoms with Crippen molar-refractivity contribution in [2.75, 3.05) is 5.88 Å². The average Bonchev–Trinajstić information content (AvgIpc) is 2.56. The third-order valence-corrected chi connectivity index (χ3v) is 4.76. The normalized spacial score (nSPS) is 14.1. The Bertz CT molecular complexity index is 480. The van der Waals surface area contributed by atoms with E-state index in [9.17, 15) is 8.42 Å². The summed E-state index contributed by atoms with van der Waals surface area (Å²) in [5.74, 6) is 0.561. The van der Waals surface area contributed by atoms with Gasteiger partial charge in [-0.1, -0.05) is 25.4 Å². The highest BCUT2D eigenvalue weighted by atomic mass is 35.5. The molecule has 0 saturated heterocycles. The summed E-state index contributed by atoms with van der Waals surface area (Å²) in [5, 5.41) is 3.87. The van der Waals surface area contributed by atoms with Crippen LogP contribution in [0.2, 0.25) is 5.02 Å². The Morgan fingerprint density at radius 2 is 2.11 bits per heavy atom. The highest BCUT2D eigenvalue weighted by molar-refractivity contribution is 7.89. The Hall–Kier alpha value is -0.300. The SMILES string of the molecule is CC(C)CC(CCl)NS(=O)(=O)c1c(Cl)cnn1C. The Morgan fingerprint density at radius 3 is 2.50 bits per heavy atom. The number of hydrogen-bond acceptors (Lipinski definition) is 3. The molecule has 1 aromatic rings. The van der Waals surface area contributed by atoms with Crippen molar-refractivity contribution in [1.82, 2.24) is 14.5 Å². The van der Waals surface area contributed by atoms with Crippen LogP contribution in [0.25, 0.3) is 0 Å². The molecule has 1 atom stereocenters. The summed E-state index contributed by atoms with van der Waals surface area (Å²) < 4.78 is 28.1. The topological polar surface area (TPSA) is 64.0 Å². The molecule has 0 fully saturated rings. The lowest BCUT2D eigenvalue weighted by atomic mass is 10.1. The number of nitrogens with zero attached hydrogens (tertiary/aromatic N) is 2. The first-order valence-electron chi connectivity index (χ1n) is 5.53. The maximum Gasteiger partial charge on any atom is 0.259 e. The van der Waals surface area contributed by atoms with Gasteiger partial charge in [0.15, 0.2) is 5.03 Å². The molecule has 0 bridgehead atoms. The van der Waals surface area contributed by atoms with Gasteiger partial charge in [0.05, 0.1) is 11.2 Å². The molecule has 5 nitrogen and oxygen atoms in total. The van der Waals surface area contributed by atoms with E-state index in [1.807, 2.05) is 13.8 Å². The summed E-state index contributed by atoms with van der Waals surface area (Å²) in [5.41, 5.74) is 0. The summed E-state index contributed by atoms with van der Waals surface area (Å²) in [6, 6.07) is -0.317. The fraction of sp³-hybridized carbons (Fsp3) is 0.700. The Balaban J connectivity index is 2.94. The zero-order valence-corrected chi connectivity index (χ0v) is 12.8. The molecule has 1 heterocycles. The zero-order chi connectivity index (χ0) is 13.9. The van der Waals surface area contributed by atoms with E-state index in [-0.39, 0.29) is 22.0 Å². The highest BCUT2D eigenvalue weighted by Crippen LogP contribution is 2.20. The van der Waals surface area contributed by atoms with Crippen molar-refractivity contribution < 1.29 is 8.42 Å².